The smallest absolute Gasteiger partial charge is 0.251 e. The summed E-state index contributed by atoms with van der Waals surface area (Å²) in [5.41, 5.74) is 2.85. The van der Waals surface area contributed by atoms with Crippen LogP contribution in [0.4, 0.5) is 0 Å². The van der Waals surface area contributed by atoms with E-state index in [1.165, 1.54) is 0 Å². The van der Waals surface area contributed by atoms with Crippen LogP contribution < -0.4 is 5.32 Å². The average Bonchev–Trinajstić information content (AvgIpc) is 2.40. The topological polar surface area (TPSA) is 29.1 Å². The second-order valence-corrected chi connectivity index (χ2v) is 5.05. The molecule has 0 aliphatic rings. The molecule has 1 atom stereocenters. The third-order valence-corrected chi connectivity index (χ3v) is 3.28. The molecule has 2 nitrogen and oxygen atoms in total. The number of nitrogens with one attached hydrogen (secondary N) is 1. The van der Waals surface area contributed by atoms with Crippen LogP contribution in [0.2, 0.25) is 5.02 Å². The zero-order chi connectivity index (χ0) is 13.8. The van der Waals surface area contributed by atoms with Crippen molar-refractivity contribution in [2.75, 3.05) is 0 Å². The second kappa shape index (κ2) is 5.89. The van der Waals surface area contributed by atoms with Crippen molar-refractivity contribution >= 4 is 17.5 Å². The molecular weight excluding hydrogens is 258 g/mol. The summed E-state index contributed by atoms with van der Waals surface area (Å²) >= 11 is 5.85. The first kappa shape index (κ1) is 13.6. The van der Waals surface area contributed by atoms with Gasteiger partial charge >= 0.3 is 0 Å². The number of halogens is 1. The summed E-state index contributed by atoms with van der Waals surface area (Å²) in [7, 11) is 0. The summed E-state index contributed by atoms with van der Waals surface area (Å²) < 4.78 is 0. The molecule has 19 heavy (non-hydrogen) atoms. The molecule has 0 radical (unpaired) electrons. The molecule has 1 unspecified atom stereocenters. The Kier molecular flexibility index (Phi) is 4.23. The Morgan fingerprint density at radius 2 is 1.63 bits per heavy atom. The molecule has 0 bridgehead atoms. The van der Waals surface area contributed by atoms with Gasteiger partial charge in [0.25, 0.3) is 5.91 Å². The van der Waals surface area contributed by atoms with Crippen LogP contribution in [0.5, 0.6) is 0 Å². The monoisotopic (exact) mass is 273 g/mol. The first-order valence-electron chi connectivity index (χ1n) is 6.19. The van der Waals surface area contributed by atoms with Gasteiger partial charge in [0.1, 0.15) is 0 Å². The van der Waals surface area contributed by atoms with Crippen LogP contribution in [0.25, 0.3) is 0 Å². The first-order chi connectivity index (χ1) is 9.06. The summed E-state index contributed by atoms with van der Waals surface area (Å²) in [5.74, 6) is -0.0672. The highest BCUT2D eigenvalue weighted by molar-refractivity contribution is 6.30. The number of rotatable bonds is 3. The van der Waals surface area contributed by atoms with Crippen LogP contribution in [0, 0.1) is 6.92 Å². The van der Waals surface area contributed by atoms with Gasteiger partial charge in [-0.1, -0.05) is 41.4 Å². The van der Waals surface area contributed by atoms with E-state index in [0.29, 0.717) is 10.6 Å². The van der Waals surface area contributed by atoms with Gasteiger partial charge in [-0.15, -0.1) is 0 Å². The van der Waals surface area contributed by atoms with Gasteiger partial charge in [-0.05, 0) is 43.7 Å². The van der Waals surface area contributed by atoms with Crippen molar-refractivity contribution in [2.45, 2.75) is 19.9 Å². The third-order valence-electron chi connectivity index (χ3n) is 3.03. The van der Waals surface area contributed by atoms with Crippen LogP contribution in [0.3, 0.4) is 0 Å². The number of benzene rings is 2. The van der Waals surface area contributed by atoms with Crippen LogP contribution >= 0.6 is 11.6 Å². The minimum Gasteiger partial charge on any atom is -0.346 e. The quantitative estimate of drug-likeness (QED) is 0.895. The number of hydrogen-bond donors (Lipinski definition) is 1. The highest BCUT2D eigenvalue weighted by Gasteiger charge is 2.10. The largest absolute Gasteiger partial charge is 0.346 e. The van der Waals surface area contributed by atoms with Crippen molar-refractivity contribution in [3.8, 4) is 0 Å². The van der Waals surface area contributed by atoms with Gasteiger partial charge in [-0.3, -0.25) is 4.79 Å². The predicted molar refractivity (Wildman–Crippen MR) is 78.5 cm³/mol. The number of hydrogen-bond acceptors (Lipinski definition) is 1. The Bertz CT molecular complexity index is 560. The number of carbonyl (C=O) groups excluding carboxylic acids is 1. The lowest BCUT2D eigenvalue weighted by Gasteiger charge is -2.14. The van der Waals surface area contributed by atoms with Crippen molar-refractivity contribution < 1.29 is 4.79 Å². The summed E-state index contributed by atoms with van der Waals surface area (Å²) in [5, 5.41) is 3.66. The number of aryl methyl sites for hydroxylation is 1. The Hall–Kier alpha value is -1.80. The maximum Gasteiger partial charge on any atom is 0.251 e. The van der Waals surface area contributed by atoms with Gasteiger partial charge in [-0.2, -0.15) is 0 Å². The molecule has 0 spiro atoms. The molecule has 2 rings (SSSR count). The Labute approximate surface area is 118 Å². The zero-order valence-electron chi connectivity index (χ0n) is 11.0. The van der Waals surface area contributed by atoms with E-state index in [4.69, 9.17) is 11.6 Å². The SMILES string of the molecule is Cc1ccc(C(=O)NC(C)c2ccc(Cl)cc2)cc1. The molecule has 2 aromatic carbocycles. The van der Waals surface area contributed by atoms with Crippen molar-refractivity contribution in [2.24, 2.45) is 0 Å². The fourth-order valence-corrected chi connectivity index (χ4v) is 1.95. The van der Waals surface area contributed by atoms with Crippen molar-refractivity contribution in [3.63, 3.8) is 0 Å². The van der Waals surface area contributed by atoms with E-state index in [0.717, 1.165) is 11.1 Å². The first-order valence-corrected chi connectivity index (χ1v) is 6.57. The molecular formula is C16H16ClNO. The Morgan fingerprint density at radius 3 is 2.21 bits per heavy atom. The van der Waals surface area contributed by atoms with Crippen LogP contribution in [-0.2, 0) is 0 Å². The minimum atomic E-state index is -0.0672. The summed E-state index contributed by atoms with van der Waals surface area (Å²) in [4.78, 5) is 12.1. The molecule has 0 aliphatic heterocycles. The highest BCUT2D eigenvalue weighted by atomic mass is 35.5. The van der Waals surface area contributed by atoms with Crippen LogP contribution in [0.1, 0.15) is 34.5 Å². The van der Waals surface area contributed by atoms with Gasteiger partial charge in [0.15, 0.2) is 0 Å². The average molecular weight is 274 g/mol. The molecule has 0 aromatic heterocycles. The Balaban J connectivity index is 2.06. The molecule has 0 saturated carbocycles. The summed E-state index contributed by atoms with van der Waals surface area (Å²) in [6, 6.07) is 15.0. The van der Waals surface area contributed by atoms with E-state index in [1.54, 1.807) is 0 Å². The van der Waals surface area contributed by atoms with Crippen LogP contribution in [-0.4, -0.2) is 5.91 Å². The summed E-state index contributed by atoms with van der Waals surface area (Å²) in [6.45, 7) is 3.95. The standard InChI is InChI=1S/C16H16ClNO/c1-11-3-5-14(6-4-11)16(19)18-12(2)13-7-9-15(17)10-8-13/h3-10,12H,1-2H3,(H,18,19). The lowest BCUT2D eigenvalue weighted by molar-refractivity contribution is 0.0940. The van der Waals surface area contributed by atoms with Gasteiger partial charge in [0.05, 0.1) is 6.04 Å². The molecule has 2 aromatic rings. The van der Waals surface area contributed by atoms with E-state index < -0.39 is 0 Å². The molecule has 0 heterocycles. The number of amides is 1. The maximum atomic E-state index is 12.1. The lowest BCUT2D eigenvalue weighted by atomic mass is 10.1. The third kappa shape index (κ3) is 3.58. The minimum absolute atomic E-state index is 0.0499. The molecule has 3 heteroatoms. The molecule has 1 amide bonds. The van der Waals surface area contributed by atoms with E-state index in [1.807, 2.05) is 62.4 Å². The molecule has 0 saturated heterocycles. The molecule has 1 N–H and O–H groups in total. The molecule has 0 fully saturated rings. The zero-order valence-corrected chi connectivity index (χ0v) is 11.7. The van der Waals surface area contributed by atoms with E-state index >= 15 is 0 Å². The van der Waals surface area contributed by atoms with Gasteiger partial charge in [-0.25, -0.2) is 0 Å². The lowest BCUT2D eigenvalue weighted by Crippen LogP contribution is -2.26. The van der Waals surface area contributed by atoms with E-state index in [2.05, 4.69) is 5.32 Å². The number of carbonyl (C=O) groups is 1. The fourth-order valence-electron chi connectivity index (χ4n) is 1.82. The van der Waals surface area contributed by atoms with Crippen LogP contribution in [0.15, 0.2) is 48.5 Å². The highest BCUT2D eigenvalue weighted by Crippen LogP contribution is 2.16. The molecule has 0 aliphatic carbocycles. The van der Waals surface area contributed by atoms with Crippen molar-refractivity contribution in [1.82, 2.24) is 5.32 Å². The molecule has 98 valence electrons. The van der Waals surface area contributed by atoms with Crippen molar-refractivity contribution in [3.05, 3.63) is 70.2 Å². The van der Waals surface area contributed by atoms with Gasteiger partial charge in [0.2, 0.25) is 0 Å². The summed E-state index contributed by atoms with van der Waals surface area (Å²) in [6.07, 6.45) is 0. The fraction of sp³-hybridized carbons (Fsp3) is 0.188. The van der Waals surface area contributed by atoms with Gasteiger partial charge in [0, 0.05) is 10.6 Å². The maximum absolute atomic E-state index is 12.1. The predicted octanol–water partition coefficient (Wildman–Crippen LogP) is 4.14. The van der Waals surface area contributed by atoms with E-state index in [9.17, 15) is 4.79 Å². The Morgan fingerprint density at radius 1 is 1.05 bits per heavy atom. The second-order valence-electron chi connectivity index (χ2n) is 4.61. The van der Waals surface area contributed by atoms with E-state index in [-0.39, 0.29) is 11.9 Å². The van der Waals surface area contributed by atoms with Crippen molar-refractivity contribution in [1.29, 1.82) is 0 Å². The normalized spacial score (nSPS) is 11.9. The van der Waals surface area contributed by atoms with Gasteiger partial charge < -0.3 is 5.32 Å².